The number of carboxylic acid groups (broad SMARTS) is 1. The van der Waals surface area contributed by atoms with Crippen LogP contribution in [0.15, 0.2) is 18.2 Å². The molecular formula is C18H29NO4. The van der Waals surface area contributed by atoms with E-state index in [-0.39, 0.29) is 5.92 Å². The maximum atomic E-state index is 10.9. The quantitative estimate of drug-likeness (QED) is 0.716. The highest BCUT2D eigenvalue weighted by Gasteiger charge is 2.14. The van der Waals surface area contributed by atoms with Crippen LogP contribution in [0.25, 0.3) is 0 Å². The van der Waals surface area contributed by atoms with Crippen molar-refractivity contribution in [3.63, 3.8) is 0 Å². The standard InChI is InChI=1S/C18H29NO4/c1-13(2)8-9-23-17-10-15(6-7-16(17)22-5)12-19(4)11-14(3)18(20)21/h6-7,10,13-14H,8-9,11-12H2,1-5H3,(H,20,21). The molecular weight excluding hydrogens is 294 g/mol. The van der Waals surface area contributed by atoms with E-state index in [0.29, 0.717) is 25.6 Å². The second-order valence-electron chi connectivity index (χ2n) is 6.45. The fourth-order valence-corrected chi connectivity index (χ4v) is 2.26. The van der Waals surface area contributed by atoms with Gasteiger partial charge in [-0.05, 0) is 37.1 Å². The molecule has 1 N–H and O–H groups in total. The van der Waals surface area contributed by atoms with Crippen LogP contribution in [0.1, 0.15) is 32.8 Å². The lowest BCUT2D eigenvalue weighted by Crippen LogP contribution is -2.28. The maximum Gasteiger partial charge on any atom is 0.307 e. The first kappa shape index (κ1) is 19.3. The summed E-state index contributed by atoms with van der Waals surface area (Å²) in [4.78, 5) is 12.9. The fourth-order valence-electron chi connectivity index (χ4n) is 2.26. The monoisotopic (exact) mass is 323 g/mol. The Labute approximate surface area is 139 Å². The summed E-state index contributed by atoms with van der Waals surface area (Å²) in [6.07, 6.45) is 0.989. The summed E-state index contributed by atoms with van der Waals surface area (Å²) in [6.45, 7) is 7.87. The Kier molecular flexibility index (Phi) is 7.89. The largest absolute Gasteiger partial charge is 0.493 e. The summed E-state index contributed by atoms with van der Waals surface area (Å²) in [6, 6.07) is 5.85. The predicted molar refractivity (Wildman–Crippen MR) is 91.1 cm³/mol. The highest BCUT2D eigenvalue weighted by Crippen LogP contribution is 2.29. The number of rotatable bonds is 10. The molecule has 0 spiro atoms. The summed E-state index contributed by atoms with van der Waals surface area (Å²) < 4.78 is 11.2. The van der Waals surface area contributed by atoms with Crippen molar-refractivity contribution in [1.82, 2.24) is 4.90 Å². The highest BCUT2D eigenvalue weighted by atomic mass is 16.5. The molecule has 1 unspecified atom stereocenters. The zero-order valence-corrected chi connectivity index (χ0v) is 14.8. The van der Waals surface area contributed by atoms with Crippen molar-refractivity contribution >= 4 is 5.97 Å². The topological polar surface area (TPSA) is 59.0 Å². The van der Waals surface area contributed by atoms with Crippen LogP contribution in [-0.2, 0) is 11.3 Å². The molecule has 0 radical (unpaired) electrons. The van der Waals surface area contributed by atoms with Crippen molar-refractivity contribution in [2.45, 2.75) is 33.7 Å². The molecule has 1 aromatic carbocycles. The van der Waals surface area contributed by atoms with Crippen molar-refractivity contribution in [3.05, 3.63) is 23.8 Å². The van der Waals surface area contributed by atoms with E-state index in [0.717, 1.165) is 23.5 Å². The molecule has 0 bridgehead atoms. The second-order valence-corrected chi connectivity index (χ2v) is 6.45. The van der Waals surface area contributed by atoms with Gasteiger partial charge in [0.05, 0.1) is 19.6 Å². The minimum absolute atomic E-state index is 0.389. The number of aliphatic carboxylic acids is 1. The van der Waals surface area contributed by atoms with Gasteiger partial charge in [-0.25, -0.2) is 0 Å². The number of methoxy groups -OCH3 is 1. The van der Waals surface area contributed by atoms with E-state index in [1.807, 2.05) is 30.1 Å². The summed E-state index contributed by atoms with van der Waals surface area (Å²) in [5, 5.41) is 8.99. The first-order valence-electron chi connectivity index (χ1n) is 8.04. The van der Waals surface area contributed by atoms with Crippen LogP contribution in [0.5, 0.6) is 11.5 Å². The molecule has 0 fully saturated rings. The Morgan fingerprint density at radius 3 is 2.52 bits per heavy atom. The molecule has 1 aromatic rings. The fraction of sp³-hybridized carbons (Fsp3) is 0.611. The van der Waals surface area contributed by atoms with Gasteiger partial charge >= 0.3 is 5.97 Å². The molecule has 130 valence electrons. The molecule has 0 aliphatic rings. The molecule has 0 amide bonds. The third-order valence-electron chi connectivity index (χ3n) is 3.64. The van der Waals surface area contributed by atoms with Gasteiger partial charge in [-0.1, -0.05) is 26.8 Å². The van der Waals surface area contributed by atoms with E-state index in [2.05, 4.69) is 13.8 Å². The van der Waals surface area contributed by atoms with Crippen molar-refractivity contribution in [2.24, 2.45) is 11.8 Å². The molecule has 1 rings (SSSR count). The third-order valence-corrected chi connectivity index (χ3v) is 3.64. The molecule has 5 nitrogen and oxygen atoms in total. The van der Waals surface area contributed by atoms with E-state index >= 15 is 0 Å². The SMILES string of the molecule is COc1ccc(CN(C)CC(C)C(=O)O)cc1OCCC(C)C. The number of nitrogens with zero attached hydrogens (tertiary/aromatic N) is 1. The molecule has 1 atom stereocenters. The highest BCUT2D eigenvalue weighted by molar-refractivity contribution is 5.69. The van der Waals surface area contributed by atoms with Gasteiger partial charge in [0.25, 0.3) is 0 Å². The first-order valence-corrected chi connectivity index (χ1v) is 8.04. The Morgan fingerprint density at radius 1 is 1.26 bits per heavy atom. The van der Waals surface area contributed by atoms with Crippen LogP contribution in [-0.4, -0.2) is 43.3 Å². The minimum Gasteiger partial charge on any atom is -0.493 e. The Hall–Kier alpha value is -1.75. The zero-order valence-electron chi connectivity index (χ0n) is 14.8. The van der Waals surface area contributed by atoms with E-state index < -0.39 is 5.97 Å². The lowest BCUT2D eigenvalue weighted by molar-refractivity contribution is -0.141. The van der Waals surface area contributed by atoms with Crippen LogP contribution >= 0.6 is 0 Å². The minimum atomic E-state index is -0.774. The predicted octanol–water partition coefficient (Wildman–Crippen LogP) is 3.27. The van der Waals surface area contributed by atoms with Crippen molar-refractivity contribution in [3.8, 4) is 11.5 Å². The summed E-state index contributed by atoms with van der Waals surface area (Å²) in [5.74, 6) is 0.890. The van der Waals surface area contributed by atoms with Gasteiger partial charge in [0.2, 0.25) is 0 Å². The zero-order chi connectivity index (χ0) is 17.4. The van der Waals surface area contributed by atoms with Crippen LogP contribution in [0.4, 0.5) is 0 Å². The van der Waals surface area contributed by atoms with Gasteiger partial charge in [-0.3, -0.25) is 4.79 Å². The Balaban J connectivity index is 2.70. The van der Waals surface area contributed by atoms with Crippen LogP contribution in [0.2, 0.25) is 0 Å². The number of hydrogen-bond acceptors (Lipinski definition) is 4. The van der Waals surface area contributed by atoms with E-state index in [4.69, 9.17) is 14.6 Å². The van der Waals surface area contributed by atoms with Gasteiger partial charge in [-0.2, -0.15) is 0 Å². The maximum absolute atomic E-state index is 10.9. The molecule has 0 aliphatic carbocycles. The smallest absolute Gasteiger partial charge is 0.307 e. The molecule has 0 saturated heterocycles. The van der Waals surface area contributed by atoms with Crippen LogP contribution in [0, 0.1) is 11.8 Å². The number of hydrogen-bond donors (Lipinski definition) is 1. The van der Waals surface area contributed by atoms with Crippen molar-refractivity contribution in [2.75, 3.05) is 27.3 Å². The molecule has 23 heavy (non-hydrogen) atoms. The molecule has 0 aliphatic heterocycles. The van der Waals surface area contributed by atoms with Crippen LogP contribution < -0.4 is 9.47 Å². The first-order chi connectivity index (χ1) is 10.8. The van der Waals surface area contributed by atoms with E-state index in [9.17, 15) is 4.79 Å². The van der Waals surface area contributed by atoms with Gasteiger partial charge in [0, 0.05) is 13.1 Å². The summed E-state index contributed by atoms with van der Waals surface area (Å²) in [5.41, 5.74) is 1.07. The Morgan fingerprint density at radius 2 is 1.96 bits per heavy atom. The van der Waals surface area contributed by atoms with E-state index in [1.54, 1.807) is 14.0 Å². The average Bonchev–Trinajstić information content (AvgIpc) is 2.46. The van der Waals surface area contributed by atoms with E-state index in [1.165, 1.54) is 0 Å². The van der Waals surface area contributed by atoms with Gasteiger partial charge in [0.15, 0.2) is 11.5 Å². The Bertz CT molecular complexity index is 502. The van der Waals surface area contributed by atoms with Crippen molar-refractivity contribution < 1.29 is 19.4 Å². The van der Waals surface area contributed by atoms with Gasteiger partial charge in [0.1, 0.15) is 0 Å². The molecule has 5 heteroatoms. The molecule has 0 saturated carbocycles. The second kappa shape index (κ2) is 9.40. The number of carboxylic acids is 1. The summed E-state index contributed by atoms with van der Waals surface area (Å²) in [7, 11) is 3.55. The van der Waals surface area contributed by atoms with Gasteiger partial charge < -0.3 is 19.5 Å². The van der Waals surface area contributed by atoms with Gasteiger partial charge in [-0.15, -0.1) is 0 Å². The lowest BCUT2D eigenvalue weighted by Gasteiger charge is -2.20. The number of benzene rings is 1. The number of carbonyl (C=O) groups is 1. The lowest BCUT2D eigenvalue weighted by atomic mass is 10.1. The van der Waals surface area contributed by atoms with Crippen molar-refractivity contribution in [1.29, 1.82) is 0 Å². The average molecular weight is 323 g/mol. The number of ether oxygens (including phenoxy) is 2. The molecule has 0 aromatic heterocycles. The third kappa shape index (κ3) is 6.91. The van der Waals surface area contributed by atoms with Crippen LogP contribution in [0.3, 0.4) is 0 Å². The normalized spacial score (nSPS) is 12.5. The molecule has 0 heterocycles. The summed E-state index contributed by atoms with van der Waals surface area (Å²) >= 11 is 0.